The zero-order chi connectivity index (χ0) is 28.8. The van der Waals surface area contributed by atoms with Crippen LogP contribution in [0, 0.1) is 29.6 Å². The van der Waals surface area contributed by atoms with Gasteiger partial charge in [-0.15, -0.1) is 0 Å². The SMILES string of the molecule is C=C(NCc1cc(C)cc(C(F)(F)F)c1)C1(C2CC2NC)CC[C@@H](N2CCC(/C=C\c3ccccc3)C3(CC3)C2)C1. The van der Waals surface area contributed by atoms with E-state index in [1.165, 1.54) is 43.5 Å². The lowest BCUT2D eigenvalue weighted by Crippen LogP contribution is -2.46. The van der Waals surface area contributed by atoms with Gasteiger partial charge in [0, 0.05) is 36.3 Å². The van der Waals surface area contributed by atoms with Gasteiger partial charge < -0.3 is 10.6 Å². The molecule has 1 saturated heterocycles. The Labute approximate surface area is 243 Å². The van der Waals surface area contributed by atoms with E-state index >= 15 is 0 Å². The second-order valence-electron chi connectivity index (χ2n) is 13.3. The number of allylic oxidation sites excluding steroid dienone is 2. The summed E-state index contributed by atoms with van der Waals surface area (Å²) in [5, 5.41) is 7.01. The molecule has 4 aliphatic rings. The number of hydrogen-bond donors (Lipinski definition) is 2. The molecule has 6 rings (SSSR count). The van der Waals surface area contributed by atoms with Gasteiger partial charge in [-0.25, -0.2) is 0 Å². The molecular weight excluding hydrogens is 519 g/mol. The minimum atomic E-state index is -4.34. The van der Waals surface area contributed by atoms with E-state index in [-0.39, 0.29) is 5.41 Å². The second kappa shape index (κ2) is 10.9. The van der Waals surface area contributed by atoms with Gasteiger partial charge in [0.05, 0.1) is 5.56 Å². The Hall–Kier alpha value is -2.57. The lowest BCUT2D eigenvalue weighted by atomic mass is 9.76. The van der Waals surface area contributed by atoms with Crippen LogP contribution in [0.5, 0.6) is 0 Å². The first-order valence-corrected chi connectivity index (χ1v) is 15.4. The number of likely N-dealkylation sites (tertiary alicyclic amines) is 1. The number of rotatable bonds is 9. The van der Waals surface area contributed by atoms with Gasteiger partial charge in [-0.1, -0.05) is 60.7 Å². The van der Waals surface area contributed by atoms with Crippen molar-refractivity contribution in [3.8, 4) is 0 Å². The van der Waals surface area contributed by atoms with Crippen molar-refractivity contribution >= 4 is 6.08 Å². The number of nitrogens with zero attached hydrogens (tertiary/aromatic N) is 1. The Kier molecular flexibility index (Phi) is 7.61. The van der Waals surface area contributed by atoms with Crippen LogP contribution in [0.4, 0.5) is 13.2 Å². The van der Waals surface area contributed by atoms with Crippen LogP contribution in [0.15, 0.2) is 66.9 Å². The highest BCUT2D eigenvalue weighted by atomic mass is 19.4. The standard InChI is InChI=1S/C35H44F3N3/c1-24-17-27(19-29(18-24)35(36,37)38)22-40-25(2)34(31-20-32(31)39-3)13-11-30(21-34)41-16-12-28(33(23-41)14-15-33)10-9-26-7-5-4-6-8-26/h4-10,17-19,28,30-32,39-40H,2,11-16,20-23H2,1,3H3/b10-9-/t28?,30-,31?,32?,34?/m1/s1. The van der Waals surface area contributed by atoms with Crippen LogP contribution >= 0.6 is 0 Å². The van der Waals surface area contributed by atoms with Crippen molar-refractivity contribution in [2.45, 2.75) is 76.7 Å². The Balaban J connectivity index is 1.13. The highest BCUT2D eigenvalue weighted by Crippen LogP contribution is 2.61. The van der Waals surface area contributed by atoms with Crippen LogP contribution in [0.1, 0.15) is 67.2 Å². The number of piperidine rings is 1. The Morgan fingerprint density at radius 1 is 1.10 bits per heavy atom. The zero-order valence-electron chi connectivity index (χ0n) is 24.4. The summed E-state index contributed by atoms with van der Waals surface area (Å²) in [4.78, 5) is 2.78. The minimum absolute atomic E-state index is 0.0181. The van der Waals surface area contributed by atoms with Crippen LogP contribution in [-0.2, 0) is 12.7 Å². The van der Waals surface area contributed by atoms with Gasteiger partial charge in [0.1, 0.15) is 0 Å². The Morgan fingerprint density at radius 3 is 2.56 bits per heavy atom. The molecule has 6 heteroatoms. The maximum absolute atomic E-state index is 13.4. The van der Waals surface area contributed by atoms with Crippen molar-refractivity contribution in [1.29, 1.82) is 0 Å². The summed E-state index contributed by atoms with van der Waals surface area (Å²) in [5.41, 5.74) is 3.41. The van der Waals surface area contributed by atoms with E-state index in [0.717, 1.165) is 37.9 Å². The van der Waals surface area contributed by atoms with E-state index < -0.39 is 11.7 Å². The minimum Gasteiger partial charge on any atom is -0.384 e. The lowest BCUT2D eigenvalue weighted by Gasteiger charge is -2.42. The number of nitrogens with one attached hydrogen (secondary N) is 2. The van der Waals surface area contributed by atoms with Crippen molar-refractivity contribution in [2.75, 3.05) is 20.1 Å². The third kappa shape index (κ3) is 5.87. The molecule has 3 nitrogen and oxygen atoms in total. The topological polar surface area (TPSA) is 27.3 Å². The smallest absolute Gasteiger partial charge is 0.384 e. The number of benzene rings is 2. The molecule has 5 atom stereocenters. The zero-order valence-corrected chi connectivity index (χ0v) is 24.4. The monoisotopic (exact) mass is 563 g/mol. The molecule has 2 N–H and O–H groups in total. The molecule has 4 unspecified atom stereocenters. The Morgan fingerprint density at radius 2 is 1.88 bits per heavy atom. The molecule has 220 valence electrons. The van der Waals surface area contributed by atoms with E-state index in [0.29, 0.717) is 47.0 Å². The molecule has 41 heavy (non-hydrogen) atoms. The molecule has 0 radical (unpaired) electrons. The summed E-state index contributed by atoms with van der Waals surface area (Å²) in [6.07, 6.45) is 8.78. The second-order valence-corrected chi connectivity index (χ2v) is 13.3. The molecule has 3 aliphatic carbocycles. The van der Waals surface area contributed by atoms with Crippen LogP contribution in [0.25, 0.3) is 6.08 Å². The highest BCUT2D eigenvalue weighted by molar-refractivity contribution is 5.49. The molecule has 2 aromatic carbocycles. The summed E-state index contributed by atoms with van der Waals surface area (Å²) in [5.74, 6) is 1.18. The van der Waals surface area contributed by atoms with Gasteiger partial charge in [-0.05, 0) is 106 Å². The fourth-order valence-electron chi connectivity index (χ4n) is 8.14. The Bertz CT molecular complexity index is 1280. The highest BCUT2D eigenvalue weighted by Gasteiger charge is 2.59. The average molecular weight is 564 g/mol. The number of halogens is 3. The predicted octanol–water partition coefficient (Wildman–Crippen LogP) is 7.58. The summed E-state index contributed by atoms with van der Waals surface area (Å²) in [7, 11) is 2.04. The van der Waals surface area contributed by atoms with Crippen LogP contribution in [0.2, 0.25) is 0 Å². The quantitative estimate of drug-likeness (QED) is 0.329. The normalized spacial score (nSPS) is 31.0. The van der Waals surface area contributed by atoms with Gasteiger partial charge >= 0.3 is 6.18 Å². The molecule has 4 fully saturated rings. The third-order valence-corrected chi connectivity index (χ3v) is 10.7. The summed E-state index contributed by atoms with van der Waals surface area (Å²) in [6.45, 7) is 8.96. The van der Waals surface area contributed by atoms with Crippen LogP contribution in [-0.4, -0.2) is 37.1 Å². The van der Waals surface area contributed by atoms with E-state index in [4.69, 9.17) is 0 Å². The van der Waals surface area contributed by atoms with E-state index in [9.17, 15) is 13.2 Å². The van der Waals surface area contributed by atoms with E-state index in [2.05, 4.69) is 64.6 Å². The molecule has 2 aromatic rings. The molecule has 3 saturated carbocycles. The van der Waals surface area contributed by atoms with Crippen molar-refractivity contribution in [1.82, 2.24) is 15.5 Å². The predicted molar refractivity (Wildman–Crippen MR) is 160 cm³/mol. The molecule has 1 spiro atoms. The van der Waals surface area contributed by atoms with Crippen molar-refractivity contribution < 1.29 is 13.2 Å². The number of aryl methyl sites for hydroxylation is 1. The molecule has 1 heterocycles. The van der Waals surface area contributed by atoms with Crippen LogP contribution < -0.4 is 10.6 Å². The van der Waals surface area contributed by atoms with Crippen molar-refractivity contribution in [3.63, 3.8) is 0 Å². The van der Waals surface area contributed by atoms with Gasteiger partial charge in [0.25, 0.3) is 0 Å². The first-order valence-electron chi connectivity index (χ1n) is 15.4. The first kappa shape index (κ1) is 28.5. The van der Waals surface area contributed by atoms with Gasteiger partial charge in [0.15, 0.2) is 0 Å². The lowest BCUT2D eigenvalue weighted by molar-refractivity contribution is -0.137. The van der Waals surface area contributed by atoms with E-state index in [1.807, 2.05) is 13.1 Å². The summed E-state index contributed by atoms with van der Waals surface area (Å²) < 4.78 is 40.3. The molecule has 0 aromatic heterocycles. The molecule has 1 aliphatic heterocycles. The molecular formula is C35H44F3N3. The largest absolute Gasteiger partial charge is 0.416 e. The fraction of sp³-hybridized carbons (Fsp3) is 0.543. The molecule has 0 amide bonds. The van der Waals surface area contributed by atoms with E-state index in [1.54, 1.807) is 6.92 Å². The molecule has 0 bridgehead atoms. The number of alkyl halides is 3. The number of hydrogen-bond acceptors (Lipinski definition) is 3. The van der Waals surface area contributed by atoms with Gasteiger partial charge in [-0.3, -0.25) is 4.90 Å². The summed E-state index contributed by atoms with van der Waals surface area (Å²) in [6, 6.07) is 16.0. The van der Waals surface area contributed by atoms with Crippen LogP contribution in [0.3, 0.4) is 0 Å². The van der Waals surface area contributed by atoms with Crippen molar-refractivity contribution in [3.05, 3.63) is 89.1 Å². The third-order valence-electron chi connectivity index (χ3n) is 10.7. The average Bonchev–Trinajstić information content (AvgIpc) is 3.87. The van der Waals surface area contributed by atoms with Crippen molar-refractivity contribution in [2.24, 2.45) is 22.7 Å². The maximum Gasteiger partial charge on any atom is 0.416 e. The first-order chi connectivity index (χ1) is 19.6. The maximum atomic E-state index is 13.4. The fourth-order valence-corrected chi connectivity index (χ4v) is 8.14. The summed E-state index contributed by atoms with van der Waals surface area (Å²) >= 11 is 0. The van der Waals surface area contributed by atoms with Gasteiger partial charge in [-0.2, -0.15) is 13.2 Å². The van der Waals surface area contributed by atoms with Gasteiger partial charge in [0.2, 0.25) is 0 Å².